The molecule has 0 fully saturated rings. The van der Waals surface area contributed by atoms with Crippen molar-refractivity contribution in [1.29, 1.82) is 0 Å². The number of imidazole rings is 1. The predicted molar refractivity (Wildman–Crippen MR) is 131 cm³/mol. The van der Waals surface area contributed by atoms with Crippen LogP contribution in [0.2, 0.25) is 0 Å². The minimum absolute atomic E-state index is 0.0502. The number of anilines is 1. The van der Waals surface area contributed by atoms with Crippen molar-refractivity contribution < 1.29 is 9.13 Å². The van der Waals surface area contributed by atoms with E-state index in [2.05, 4.69) is 52.7 Å². The molecular weight excluding hydrogens is 439 g/mol. The molecule has 4 aromatic rings. The van der Waals surface area contributed by atoms with Crippen molar-refractivity contribution in [3.8, 4) is 16.2 Å². The summed E-state index contributed by atoms with van der Waals surface area (Å²) < 4.78 is 21.7. The molecule has 0 saturated heterocycles. The van der Waals surface area contributed by atoms with Gasteiger partial charge in [-0.05, 0) is 60.2 Å². The number of rotatable bonds is 10. The maximum Gasteiger partial charge on any atom is 0.312 e. The molecular formula is C24H29FN6OS. The van der Waals surface area contributed by atoms with Crippen molar-refractivity contribution in [3.05, 3.63) is 53.2 Å². The molecule has 9 heteroatoms. The van der Waals surface area contributed by atoms with E-state index in [-0.39, 0.29) is 5.82 Å². The molecule has 0 aliphatic rings. The van der Waals surface area contributed by atoms with Crippen molar-refractivity contribution in [1.82, 2.24) is 24.8 Å². The van der Waals surface area contributed by atoms with Crippen LogP contribution >= 0.6 is 11.3 Å². The van der Waals surface area contributed by atoms with Crippen LogP contribution in [-0.4, -0.2) is 39.2 Å². The van der Waals surface area contributed by atoms with Gasteiger partial charge in [-0.3, -0.25) is 0 Å². The van der Waals surface area contributed by atoms with Crippen LogP contribution in [0.1, 0.15) is 32.2 Å². The van der Waals surface area contributed by atoms with Gasteiger partial charge in [-0.25, -0.2) is 4.98 Å². The summed E-state index contributed by atoms with van der Waals surface area (Å²) >= 11 is 1.68. The SMILES string of the molecule is CCOc1ccc(-c2cccs2)c(Cc2nc3c(N)nc(F)nc3n2CCNCC(C)C)c1. The Bertz CT molecular complexity index is 1220. The molecule has 0 bridgehead atoms. The van der Waals surface area contributed by atoms with Crippen LogP contribution in [0.15, 0.2) is 35.7 Å². The molecule has 0 aliphatic heterocycles. The number of hydrogen-bond donors (Lipinski definition) is 2. The monoisotopic (exact) mass is 468 g/mol. The number of fused-ring (bicyclic) bond motifs is 1. The summed E-state index contributed by atoms with van der Waals surface area (Å²) in [5, 5.41) is 5.49. The first-order valence-electron chi connectivity index (χ1n) is 11.1. The Balaban J connectivity index is 1.75. The van der Waals surface area contributed by atoms with E-state index in [4.69, 9.17) is 15.5 Å². The fourth-order valence-electron chi connectivity index (χ4n) is 3.81. The van der Waals surface area contributed by atoms with E-state index < -0.39 is 6.08 Å². The second kappa shape index (κ2) is 10.3. The molecule has 3 aromatic heterocycles. The highest BCUT2D eigenvalue weighted by molar-refractivity contribution is 7.13. The van der Waals surface area contributed by atoms with E-state index in [9.17, 15) is 4.39 Å². The molecule has 0 saturated carbocycles. The molecule has 3 heterocycles. The summed E-state index contributed by atoms with van der Waals surface area (Å²) in [6.45, 7) is 9.06. The van der Waals surface area contributed by atoms with Gasteiger partial charge >= 0.3 is 6.08 Å². The Kier molecular flexibility index (Phi) is 7.20. The third-order valence-electron chi connectivity index (χ3n) is 5.26. The smallest absolute Gasteiger partial charge is 0.312 e. The molecule has 3 N–H and O–H groups in total. The topological polar surface area (TPSA) is 90.9 Å². The highest BCUT2D eigenvalue weighted by Gasteiger charge is 2.19. The lowest BCUT2D eigenvalue weighted by atomic mass is 10.0. The zero-order valence-corrected chi connectivity index (χ0v) is 20.0. The molecule has 1 aromatic carbocycles. The van der Waals surface area contributed by atoms with Crippen LogP contribution in [0.25, 0.3) is 21.6 Å². The summed E-state index contributed by atoms with van der Waals surface area (Å²) in [5.41, 5.74) is 9.03. The summed E-state index contributed by atoms with van der Waals surface area (Å²) in [7, 11) is 0. The number of nitrogens with two attached hydrogens (primary N) is 1. The third-order valence-corrected chi connectivity index (χ3v) is 6.16. The maximum atomic E-state index is 14.0. The number of ether oxygens (including phenoxy) is 1. The van der Waals surface area contributed by atoms with E-state index >= 15 is 0 Å². The molecule has 0 spiro atoms. The molecule has 174 valence electrons. The zero-order chi connectivity index (χ0) is 23.4. The van der Waals surface area contributed by atoms with Gasteiger partial charge in [-0.2, -0.15) is 14.4 Å². The molecule has 0 amide bonds. The number of nitrogens with zero attached hydrogens (tertiary/aromatic N) is 4. The van der Waals surface area contributed by atoms with Gasteiger partial charge in [0, 0.05) is 24.4 Å². The number of nitrogens with one attached hydrogen (secondary N) is 1. The largest absolute Gasteiger partial charge is 0.494 e. The minimum Gasteiger partial charge on any atom is -0.494 e. The number of halogens is 1. The second-order valence-electron chi connectivity index (χ2n) is 8.23. The average Bonchev–Trinajstić information content (AvgIpc) is 3.41. The predicted octanol–water partition coefficient (Wildman–Crippen LogP) is 4.51. The summed E-state index contributed by atoms with van der Waals surface area (Å²) in [6, 6.07) is 10.3. The molecule has 33 heavy (non-hydrogen) atoms. The van der Waals surface area contributed by atoms with Crippen molar-refractivity contribution in [2.75, 3.05) is 25.4 Å². The minimum atomic E-state index is -0.847. The second-order valence-corrected chi connectivity index (χ2v) is 9.18. The van der Waals surface area contributed by atoms with E-state index in [1.54, 1.807) is 11.3 Å². The first-order chi connectivity index (χ1) is 16.0. The maximum absolute atomic E-state index is 14.0. The number of aromatic nitrogens is 4. The number of benzene rings is 1. The van der Waals surface area contributed by atoms with Gasteiger partial charge < -0.3 is 20.4 Å². The molecule has 4 rings (SSSR count). The standard InChI is InChI=1S/C24H29FN6OS/c1-4-32-17-7-8-18(19-6-5-11-33-19)16(12-17)13-20-28-21-22(26)29-24(25)30-23(21)31(20)10-9-27-14-15(2)3/h5-8,11-12,15,27H,4,9-10,13-14H2,1-3H3,(H2,26,29,30). The lowest BCUT2D eigenvalue weighted by Gasteiger charge is -2.14. The van der Waals surface area contributed by atoms with Crippen molar-refractivity contribution in [3.63, 3.8) is 0 Å². The van der Waals surface area contributed by atoms with E-state index in [0.29, 0.717) is 43.2 Å². The lowest BCUT2D eigenvalue weighted by Crippen LogP contribution is -2.25. The van der Waals surface area contributed by atoms with Gasteiger partial charge in [0.15, 0.2) is 17.0 Å². The fourth-order valence-corrected chi connectivity index (χ4v) is 4.59. The third kappa shape index (κ3) is 5.31. The van der Waals surface area contributed by atoms with Crippen LogP contribution in [0.5, 0.6) is 5.75 Å². The van der Waals surface area contributed by atoms with Gasteiger partial charge in [-0.15, -0.1) is 11.3 Å². The summed E-state index contributed by atoms with van der Waals surface area (Å²) in [6.07, 6.45) is -0.323. The Morgan fingerprint density at radius 1 is 1.21 bits per heavy atom. The first-order valence-corrected chi connectivity index (χ1v) is 12.0. The van der Waals surface area contributed by atoms with Gasteiger partial charge in [0.2, 0.25) is 0 Å². The molecule has 0 unspecified atom stereocenters. The normalized spacial score (nSPS) is 11.5. The average molecular weight is 469 g/mol. The number of thiophene rings is 1. The van der Waals surface area contributed by atoms with Crippen molar-refractivity contribution >= 4 is 28.3 Å². The fraction of sp³-hybridized carbons (Fsp3) is 0.375. The Labute approximate surface area is 196 Å². The van der Waals surface area contributed by atoms with E-state index in [0.717, 1.165) is 29.2 Å². The molecule has 0 atom stereocenters. The van der Waals surface area contributed by atoms with Gasteiger partial charge in [0.25, 0.3) is 0 Å². The molecule has 0 aliphatic carbocycles. The number of hydrogen-bond acceptors (Lipinski definition) is 7. The van der Waals surface area contributed by atoms with Gasteiger partial charge in [-0.1, -0.05) is 19.9 Å². The highest BCUT2D eigenvalue weighted by Crippen LogP contribution is 2.33. The van der Waals surface area contributed by atoms with Gasteiger partial charge in [0.05, 0.1) is 6.61 Å². The molecule has 0 radical (unpaired) electrons. The Morgan fingerprint density at radius 2 is 2.06 bits per heavy atom. The van der Waals surface area contributed by atoms with Gasteiger partial charge in [0.1, 0.15) is 11.6 Å². The van der Waals surface area contributed by atoms with E-state index in [1.807, 2.05) is 23.6 Å². The van der Waals surface area contributed by atoms with Crippen molar-refractivity contribution in [2.24, 2.45) is 5.92 Å². The summed E-state index contributed by atoms with van der Waals surface area (Å²) in [4.78, 5) is 13.6. The van der Waals surface area contributed by atoms with Crippen LogP contribution in [0.3, 0.4) is 0 Å². The Hall–Kier alpha value is -3.04. The zero-order valence-electron chi connectivity index (χ0n) is 19.1. The van der Waals surface area contributed by atoms with Crippen LogP contribution in [0, 0.1) is 12.0 Å². The Morgan fingerprint density at radius 3 is 2.79 bits per heavy atom. The van der Waals surface area contributed by atoms with Crippen LogP contribution < -0.4 is 15.8 Å². The first kappa shape index (κ1) is 23.1. The summed E-state index contributed by atoms with van der Waals surface area (Å²) in [5.74, 6) is 2.15. The van der Waals surface area contributed by atoms with E-state index in [1.165, 1.54) is 4.88 Å². The highest BCUT2D eigenvalue weighted by atomic mass is 32.1. The van der Waals surface area contributed by atoms with Crippen LogP contribution in [-0.2, 0) is 13.0 Å². The number of nitrogen functional groups attached to an aromatic ring is 1. The lowest BCUT2D eigenvalue weighted by molar-refractivity contribution is 0.340. The van der Waals surface area contributed by atoms with Crippen LogP contribution in [0.4, 0.5) is 10.2 Å². The molecule has 7 nitrogen and oxygen atoms in total. The van der Waals surface area contributed by atoms with Crippen molar-refractivity contribution in [2.45, 2.75) is 33.7 Å². The quantitative estimate of drug-likeness (QED) is 0.263.